The number of hydrogen-bond acceptors (Lipinski definition) is 5. The molecule has 1 fully saturated rings. The van der Waals surface area contributed by atoms with Gasteiger partial charge in [-0.05, 0) is 18.9 Å². The Bertz CT molecular complexity index is 617. The van der Waals surface area contributed by atoms with Crippen molar-refractivity contribution in [3.63, 3.8) is 0 Å². The van der Waals surface area contributed by atoms with Crippen molar-refractivity contribution in [3.8, 4) is 0 Å². The second kappa shape index (κ2) is 5.99. The van der Waals surface area contributed by atoms with E-state index < -0.39 is 5.82 Å². The van der Waals surface area contributed by atoms with Crippen molar-refractivity contribution < 1.29 is 13.7 Å². The summed E-state index contributed by atoms with van der Waals surface area (Å²) in [6.07, 6.45) is 7.34. The Labute approximate surface area is 121 Å². The molecule has 1 saturated heterocycles. The molecule has 0 bridgehead atoms. The number of halogens is 1. The molecule has 110 valence electrons. The summed E-state index contributed by atoms with van der Waals surface area (Å²) in [7, 11) is 0. The van der Waals surface area contributed by atoms with Gasteiger partial charge in [-0.25, -0.2) is 4.39 Å². The van der Waals surface area contributed by atoms with Gasteiger partial charge in [0, 0.05) is 12.7 Å². The lowest BCUT2D eigenvalue weighted by molar-refractivity contribution is 0.0665. The van der Waals surface area contributed by atoms with Crippen LogP contribution >= 0.6 is 0 Å². The topological polar surface area (TPSA) is 72.1 Å². The van der Waals surface area contributed by atoms with E-state index in [1.165, 1.54) is 18.7 Å². The van der Waals surface area contributed by atoms with E-state index in [0.717, 1.165) is 31.9 Å². The minimum absolute atomic E-state index is 0.0281. The Morgan fingerprint density at radius 3 is 3.05 bits per heavy atom. The van der Waals surface area contributed by atoms with Crippen LogP contribution in [0.15, 0.2) is 29.4 Å². The monoisotopic (exact) mass is 290 g/mol. The molecule has 0 aliphatic carbocycles. The zero-order valence-electron chi connectivity index (χ0n) is 11.4. The van der Waals surface area contributed by atoms with E-state index in [0.29, 0.717) is 12.4 Å². The predicted octanol–water partition coefficient (Wildman–Crippen LogP) is 2.36. The second-order valence-corrected chi connectivity index (χ2v) is 5.01. The molecule has 0 radical (unpaired) electrons. The average Bonchev–Trinajstić information content (AvgIpc) is 2.91. The van der Waals surface area contributed by atoms with E-state index in [1.807, 2.05) is 0 Å². The third-order valence-electron chi connectivity index (χ3n) is 3.69. The number of nitrogens with zero attached hydrogens (tertiary/aromatic N) is 4. The van der Waals surface area contributed by atoms with E-state index in [-0.39, 0.29) is 17.5 Å². The largest absolute Gasteiger partial charge is 0.343 e. The fourth-order valence-corrected chi connectivity index (χ4v) is 2.65. The summed E-state index contributed by atoms with van der Waals surface area (Å²) in [6.45, 7) is 0.555. The first kappa shape index (κ1) is 13.7. The molecule has 0 N–H and O–H groups in total. The van der Waals surface area contributed by atoms with Crippen molar-refractivity contribution in [3.05, 3.63) is 42.1 Å². The van der Waals surface area contributed by atoms with Crippen LogP contribution < -0.4 is 0 Å². The van der Waals surface area contributed by atoms with Crippen LogP contribution in [0, 0.1) is 5.82 Å². The van der Waals surface area contributed by atoms with Gasteiger partial charge in [0.25, 0.3) is 5.91 Å². The molecule has 0 aromatic carbocycles. The van der Waals surface area contributed by atoms with E-state index in [1.54, 1.807) is 4.90 Å². The van der Waals surface area contributed by atoms with Crippen LogP contribution in [0.25, 0.3) is 0 Å². The number of pyridine rings is 1. The molecule has 1 aliphatic rings. The molecule has 1 amide bonds. The molecule has 6 nitrogen and oxygen atoms in total. The Morgan fingerprint density at radius 2 is 2.29 bits per heavy atom. The smallest absolute Gasteiger partial charge is 0.257 e. The quantitative estimate of drug-likeness (QED) is 0.849. The first-order valence-electron chi connectivity index (χ1n) is 6.94. The fourth-order valence-electron chi connectivity index (χ4n) is 2.65. The van der Waals surface area contributed by atoms with Crippen molar-refractivity contribution in [1.29, 1.82) is 0 Å². The highest BCUT2D eigenvalue weighted by molar-refractivity contribution is 5.94. The van der Waals surface area contributed by atoms with Crippen molar-refractivity contribution >= 4 is 5.91 Å². The van der Waals surface area contributed by atoms with E-state index >= 15 is 0 Å². The zero-order valence-corrected chi connectivity index (χ0v) is 11.4. The zero-order chi connectivity index (χ0) is 14.7. The summed E-state index contributed by atoms with van der Waals surface area (Å²) in [6, 6.07) is 1.13. The molecule has 2 aromatic rings. The fraction of sp³-hybridized carbons (Fsp3) is 0.429. The maximum Gasteiger partial charge on any atom is 0.257 e. The number of rotatable bonds is 2. The van der Waals surface area contributed by atoms with Crippen LogP contribution in [0.1, 0.15) is 47.9 Å². The van der Waals surface area contributed by atoms with Crippen molar-refractivity contribution in [1.82, 2.24) is 20.0 Å². The van der Waals surface area contributed by atoms with Crippen LogP contribution in [0.4, 0.5) is 4.39 Å². The highest BCUT2D eigenvalue weighted by Crippen LogP contribution is 2.29. The van der Waals surface area contributed by atoms with Gasteiger partial charge < -0.3 is 9.42 Å². The molecular formula is C14H15FN4O2. The Morgan fingerprint density at radius 1 is 1.38 bits per heavy atom. The lowest BCUT2D eigenvalue weighted by Crippen LogP contribution is -2.35. The summed E-state index contributed by atoms with van der Waals surface area (Å²) < 4.78 is 18.6. The van der Waals surface area contributed by atoms with Crippen LogP contribution in [0.5, 0.6) is 0 Å². The standard InChI is InChI=1S/C14H15FN4O2/c15-11-8-16-6-5-10(11)14(20)19-7-3-1-2-4-12(19)13-17-9-21-18-13/h5-6,8-9,12H,1-4,7H2/t12-/m0/s1. The Hall–Kier alpha value is -2.31. The van der Waals surface area contributed by atoms with Crippen molar-refractivity contribution in [2.75, 3.05) is 6.54 Å². The van der Waals surface area contributed by atoms with Gasteiger partial charge in [0.15, 0.2) is 11.6 Å². The third-order valence-corrected chi connectivity index (χ3v) is 3.69. The van der Waals surface area contributed by atoms with E-state index in [9.17, 15) is 9.18 Å². The maximum atomic E-state index is 13.8. The van der Waals surface area contributed by atoms with Crippen LogP contribution in [-0.4, -0.2) is 32.5 Å². The average molecular weight is 290 g/mol. The van der Waals surface area contributed by atoms with Gasteiger partial charge in [0.1, 0.15) is 0 Å². The number of amides is 1. The van der Waals surface area contributed by atoms with Crippen LogP contribution in [0.3, 0.4) is 0 Å². The van der Waals surface area contributed by atoms with Crippen LogP contribution in [-0.2, 0) is 0 Å². The molecule has 7 heteroatoms. The highest BCUT2D eigenvalue weighted by atomic mass is 19.1. The SMILES string of the molecule is O=C(c1ccncc1F)N1CCCCC[C@H]1c1ncon1. The van der Waals surface area contributed by atoms with Gasteiger partial charge in [-0.3, -0.25) is 9.78 Å². The molecule has 1 atom stereocenters. The van der Waals surface area contributed by atoms with Gasteiger partial charge in [0.05, 0.1) is 17.8 Å². The Kier molecular flexibility index (Phi) is 3.89. The number of likely N-dealkylation sites (tertiary alicyclic amines) is 1. The van der Waals surface area contributed by atoms with Gasteiger partial charge in [-0.2, -0.15) is 4.98 Å². The maximum absolute atomic E-state index is 13.8. The summed E-state index contributed by atoms with van der Waals surface area (Å²) in [5, 5.41) is 3.84. The molecule has 0 unspecified atom stereocenters. The molecule has 2 aromatic heterocycles. The molecule has 1 aliphatic heterocycles. The summed E-state index contributed by atoms with van der Waals surface area (Å²) in [5.41, 5.74) is 0.0281. The van der Waals surface area contributed by atoms with Gasteiger partial charge >= 0.3 is 0 Å². The second-order valence-electron chi connectivity index (χ2n) is 5.01. The predicted molar refractivity (Wildman–Crippen MR) is 70.7 cm³/mol. The van der Waals surface area contributed by atoms with Gasteiger partial charge in [-0.1, -0.05) is 18.0 Å². The summed E-state index contributed by atoms with van der Waals surface area (Å²) in [5.74, 6) is -0.495. The highest BCUT2D eigenvalue weighted by Gasteiger charge is 2.31. The molecule has 21 heavy (non-hydrogen) atoms. The third kappa shape index (κ3) is 2.76. The number of hydrogen-bond donors (Lipinski definition) is 0. The van der Waals surface area contributed by atoms with Crippen LogP contribution in [0.2, 0.25) is 0 Å². The molecule has 0 spiro atoms. The van der Waals surface area contributed by atoms with Gasteiger partial charge in [-0.15, -0.1) is 0 Å². The lowest BCUT2D eigenvalue weighted by atomic mass is 10.1. The Balaban J connectivity index is 1.93. The molecule has 3 heterocycles. The van der Waals surface area contributed by atoms with Gasteiger partial charge in [0.2, 0.25) is 6.39 Å². The molecule has 0 saturated carbocycles. The van der Waals surface area contributed by atoms with Crippen molar-refractivity contribution in [2.24, 2.45) is 0 Å². The minimum atomic E-state index is -0.612. The number of carbonyl (C=O) groups excluding carboxylic acids is 1. The first-order chi connectivity index (χ1) is 10.3. The lowest BCUT2D eigenvalue weighted by Gasteiger charge is -2.27. The van der Waals surface area contributed by atoms with Crippen molar-refractivity contribution in [2.45, 2.75) is 31.7 Å². The van der Waals surface area contributed by atoms with E-state index in [2.05, 4.69) is 15.1 Å². The summed E-state index contributed by atoms with van der Waals surface area (Å²) >= 11 is 0. The summed E-state index contributed by atoms with van der Waals surface area (Å²) in [4.78, 5) is 22.0. The number of carbonyl (C=O) groups is 1. The first-order valence-corrected chi connectivity index (χ1v) is 6.94. The van der Waals surface area contributed by atoms with E-state index in [4.69, 9.17) is 4.52 Å². The minimum Gasteiger partial charge on any atom is -0.343 e. The molecular weight excluding hydrogens is 275 g/mol. The number of aromatic nitrogens is 3. The molecule has 3 rings (SSSR count). The normalized spacial score (nSPS) is 19.3.